The standard InChI is InChI=1S/C16H21NO3/c18-15(19)14-6-11-20-16(14)7-9-17(10-8-16)12-13-4-2-1-3-5-13/h1-5,14H,6-12H2,(H,18,19). The number of hydrogen-bond acceptors (Lipinski definition) is 3. The number of benzene rings is 1. The topological polar surface area (TPSA) is 49.8 Å². The molecule has 20 heavy (non-hydrogen) atoms. The summed E-state index contributed by atoms with van der Waals surface area (Å²) in [6.07, 6.45) is 2.32. The highest BCUT2D eigenvalue weighted by Crippen LogP contribution is 2.40. The van der Waals surface area contributed by atoms with Crippen LogP contribution in [0.1, 0.15) is 24.8 Å². The van der Waals surface area contributed by atoms with Crippen molar-refractivity contribution >= 4 is 5.97 Å². The van der Waals surface area contributed by atoms with Crippen molar-refractivity contribution in [3.8, 4) is 0 Å². The minimum Gasteiger partial charge on any atom is -0.481 e. The fraction of sp³-hybridized carbons (Fsp3) is 0.562. The average molecular weight is 275 g/mol. The lowest BCUT2D eigenvalue weighted by Gasteiger charge is -2.40. The van der Waals surface area contributed by atoms with Crippen molar-refractivity contribution in [3.05, 3.63) is 35.9 Å². The summed E-state index contributed by atoms with van der Waals surface area (Å²) in [6.45, 7) is 3.36. The Bertz CT molecular complexity index is 466. The van der Waals surface area contributed by atoms with Gasteiger partial charge < -0.3 is 9.84 Å². The van der Waals surface area contributed by atoms with Gasteiger partial charge in [0.1, 0.15) is 0 Å². The van der Waals surface area contributed by atoms with Crippen LogP contribution in [-0.2, 0) is 16.1 Å². The zero-order valence-corrected chi connectivity index (χ0v) is 11.6. The molecule has 4 heteroatoms. The van der Waals surface area contributed by atoms with Crippen LogP contribution < -0.4 is 0 Å². The number of ether oxygens (including phenoxy) is 1. The fourth-order valence-corrected chi connectivity index (χ4v) is 3.52. The predicted molar refractivity (Wildman–Crippen MR) is 75.4 cm³/mol. The van der Waals surface area contributed by atoms with Gasteiger partial charge in [-0.2, -0.15) is 0 Å². The SMILES string of the molecule is O=C(O)C1CCOC12CCN(Cc1ccccc1)CC2. The Labute approximate surface area is 119 Å². The molecule has 1 unspecified atom stereocenters. The number of carboxylic acids is 1. The van der Waals surface area contributed by atoms with Crippen LogP contribution in [0.15, 0.2) is 30.3 Å². The highest BCUT2D eigenvalue weighted by atomic mass is 16.5. The van der Waals surface area contributed by atoms with Gasteiger partial charge in [-0.15, -0.1) is 0 Å². The minimum absolute atomic E-state index is 0.318. The maximum Gasteiger partial charge on any atom is 0.309 e. The zero-order chi connectivity index (χ0) is 14.0. The second-order valence-corrected chi connectivity index (χ2v) is 5.85. The highest BCUT2D eigenvalue weighted by molar-refractivity contribution is 5.72. The lowest BCUT2D eigenvalue weighted by Crippen LogP contribution is -2.49. The number of piperidine rings is 1. The molecule has 0 radical (unpaired) electrons. The van der Waals surface area contributed by atoms with E-state index in [4.69, 9.17) is 4.74 Å². The minimum atomic E-state index is -0.695. The summed E-state index contributed by atoms with van der Waals surface area (Å²) in [4.78, 5) is 13.7. The Morgan fingerprint density at radius 2 is 2.00 bits per heavy atom. The number of likely N-dealkylation sites (tertiary alicyclic amines) is 1. The molecule has 108 valence electrons. The van der Waals surface area contributed by atoms with Crippen molar-refractivity contribution in [2.24, 2.45) is 5.92 Å². The number of carboxylic acid groups (broad SMARTS) is 1. The van der Waals surface area contributed by atoms with Crippen molar-refractivity contribution in [2.75, 3.05) is 19.7 Å². The molecule has 0 amide bonds. The van der Waals surface area contributed by atoms with Crippen molar-refractivity contribution in [1.82, 2.24) is 4.90 Å². The molecule has 1 aromatic rings. The van der Waals surface area contributed by atoms with Crippen LogP contribution in [0, 0.1) is 5.92 Å². The smallest absolute Gasteiger partial charge is 0.309 e. The van der Waals surface area contributed by atoms with Crippen LogP contribution in [0.5, 0.6) is 0 Å². The molecule has 1 N–H and O–H groups in total. The van der Waals surface area contributed by atoms with E-state index < -0.39 is 11.6 Å². The molecular formula is C16H21NO3. The summed E-state index contributed by atoms with van der Waals surface area (Å²) in [6, 6.07) is 10.4. The van der Waals surface area contributed by atoms with Crippen LogP contribution in [0.2, 0.25) is 0 Å². The van der Waals surface area contributed by atoms with Crippen LogP contribution in [-0.4, -0.2) is 41.3 Å². The molecule has 4 nitrogen and oxygen atoms in total. The first-order valence-corrected chi connectivity index (χ1v) is 7.33. The first kappa shape index (κ1) is 13.6. The molecule has 0 aromatic heterocycles. The monoisotopic (exact) mass is 275 g/mol. The third-order valence-electron chi connectivity index (χ3n) is 4.68. The summed E-state index contributed by atoms with van der Waals surface area (Å²) in [5.74, 6) is -1.01. The number of aliphatic carboxylic acids is 1. The van der Waals surface area contributed by atoms with Crippen LogP contribution in [0.4, 0.5) is 0 Å². The van der Waals surface area contributed by atoms with Crippen molar-refractivity contribution in [3.63, 3.8) is 0 Å². The van der Waals surface area contributed by atoms with Gasteiger partial charge in [0.2, 0.25) is 0 Å². The number of rotatable bonds is 3. The molecular weight excluding hydrogens is 254 g/mol. The second-order valence-electron chi connectivity index (χ2n) is 5.85. The normalized spacial score (nSPS) is 25.9. The van der Waals surface area contributed by atoms with Gasteiger partial charge in [0, 0.05) is 26.2 Å². The third-order valence-corrected chi connectivity index (χ3v) is 4.68. The van der Waals surface area contributed by atoms with Crippen molar-refractivity contribution in [1.29, 1.82) is 0 Å². The van der Waals surface area contributed by atoms with E-state index in [-0.39, 0.29) is 5.92 Å². The summed E-state index contributed by atoms with van der Waals surface area (Å²) >= 11 is 0. The quantitative estimate of drug-likeness (QED) is 0.918. The summed E-state index contributed by atoms with van der Waals surface area (Å²) in [5, 5.41) is 9.34. The molecule has 1 atom stereocenters. The third kappa shape index (κ3) is 2.58. The molecule has 2 saturated heterocycles. The van der Waals surface area contributed by atoms with E-state index in [0.29, 0.717) is 13.0 Å². The van der Waals surface area contributed by atoms with Gasteiger partial charge in [-0.1, -0.05) is 30.3 Å². The first-order valence-electron chi connectivity index (χ1n) is 7.33. The molecule has 2 fully saturated rings. The van der Waals surface area contributed by atoms with Crippen molar-refractivity contribution in [2.45, 2.75) is 31.4 Å². The van der Waals surface area contributed by atoms with E-state index in [1.165, 1.54) is 5.56 Å². The predicted octanol–water partition coefficient (Wildman–Crippen LogP) is 2.14. The Morgan fingerprint density at radius 3 is 2.65 bits per heavy atom. The number of carbonyl (C=O) groups is 1. The summed E-state index contributed by atoms with van der Waals surface area (Å²) in [7, 11) is 0. The van der Waals surface area contributed by atoms with Gasteiger partial charge in [-0.3, -0.25) is 9.69 Å². The van der Waals surface area contributed by atoms with Gasteiger partial charge in [0.15, 0.2) is 0 Å². The van der Waals surface area contributed by atoms with Gasteiger partial charge >= 0.3 is 5.97 Å². The summed E-state index contributed by atoms with van der Waals surface area (Å²) in [5.41, 5.74) is 0.907. The fourth-order valence-electron chi connectivity index (χ4n) is 3.52. The molecule has 0 saturated carbocycles. The molecule has 2 heterocycles. The number of nitrogens with zero attached hydrogens (tertiary/aromatic N) is 1. The first-order chi connectivity index (χ1) is 9.70. The Balaban J connectivity index is 1.61. The molecule has 1 spiro atoms. The van der Waals surface area contributed by atoms with Crippen LogP contribution >= 0.6 is 0 Å². The van der Waals surface area contributed by atoms with E-state index >= 15 is 0 Å². The Kier molecular flexibility index (Phi) is 3.76. The van der Waals surface area contributed by atoms with E-state index in [1.54, 1.807) is 0 Å². The zero-order valence-electron chi connectivity index (χ0n) is 11.6. The highest BCUT2D eigenvalue weighted by Gasteiger charge is 2.49. The van der Waals surface area contributed by atoms with Crippen molar-refractivity contribution < 1.29 is 14.6 Å². The van der Waals surface area contributed by atoms with E-state index in [1.807, 2.05) is 6.07 Å². The molecule has 3 rings (SSSR count). The summed E-state index contributed by atoms with van der Waals surface area (Å²) < 4.78 is 5.85. The maximum atomic E-state index is 11.4. The maximum absolute atomic E-state index is 11.4. The molecule has 0 aliphatic carbocycles. The second kappa shape index (κ2) is 5.54. The molecule has 1 aromatic carbocycles. The van der Waals surface area contributed by atoms with E-state index in [2.05, 4.69) is 29.2 Å². The lowest BCUT2D eigenvalue weighted by molar-refractivity contribution is -0.151. The lowest BCUT2D eigenvalue weighted by atomic mass is 9.79. The van der Waals surface area contributed by atoms with Gasteiger partial charge in [-0.25, -0.2) is 0 Å². The average Bonchev–Trinajstić information content (AvgIpc) is 2.87. The molecule has 0 bridgehead atoms. The number of hydrogen-bond donors (Lipinski definition) is 1. The van der Waals surface area contributed by atoms with E-state index in [0.717, 1.165) is 32.5 Å². The molecule has 2 aliphatic heterocycles. The largest absolute Gasteiger partial charge is 0.481 e. The molecule has 2 aliphatic rings. The van der Waals surface area contributed by atoms with Gasteiger partial charge in [-0.05, 0) is 24.8 Å². The van der Waals surface area contributed by atoms with E-state index in [9.17, 15) is 9.90 Å². The van der Waals surface area contributed by atoms with Gasteiger partial charge in [0.05, 0.1) is 11.5 Å². The Hall–Kier alpha value is -1.39. The van der Waals surface area contributed by atoms with Gasteiger partial charge in [0.25, 0.3) is 0 Å². The van der Waals surface area contributed by atoms with Crippen LogP contribution in [0.25, 0.3) is 0 Å². The Morgan fingerprint density at radius 1 is 1.30 bits per heavy atom. The van der Waals surface area contributed by atoms with Crippen LogP contribution in [0.3, 0.4) is 0 Å².